The van der Waals surface area contributed by atoms with Crippen molar-refractivity contribution < 1.29 is 28.0 Å². The van der Waals surface area contributed by atoms with Crippen LogP contribution in [0.2, 0.25) is 0 Å². The number of phenolic OH excluding ortho intramolecular Hbond substituents is 1. The molecule has 0 fully saturated rings. The highest BCUT2D eigenvalue weighted by molar-refractivity contribution is 7.47. The van der Waals surface area contributed by atoms with Crippen LogP contribution in [0.1, 0.15) is 27.7 Å². The van der Waals surface area contributed by atoms with Crippen LogP contribution in [-0.2, 0) is 13.6 Å². The van der Waals surface area contributed by atoms with Crippen molar-refractivity contribution in [3.05, 3.63) is 64.8 Å². The molecule has 8 heteroatoms. The molecule has 0 saturated heterocycles. The predicted molar refractivity (Wildman–Crippen MR) is 112 cm³/mol. The maximum atomic E-state index is 11.9. The van der Waals surface area contributed by atoms with Crippen molar-refractivity contribution in [2.75, 3.05) is 0 Å². The number of phenols is 1. The van der Waals surface area contributed by atoms with Crippen molar-refractivity contribution >= 4 is 18.8 Å². The minimum absolute atomic E-state index is 0.0795. The summed E-state index contributed by atoms with van der Waals surface area (Å²) in [6.45, 7) is 6.69. The standard InChI is InChI=1S/C15H10O3.C6H15O4P/c16-11-6-7-12-13(17)9-14(18-15(12)8-11)10-4-2-1-3-5-10;1-5(2)9-11(7,8)10-6(3)4/h1-9,16H;5-6H,1-4H3,(H,7,8). The van der Waals surface area contributed by atoms with Gasteiger partial charge in [-0.25, -0.2) is 4.57 Å². The first-order chi connectivity index (χ1) is 13.6. The number of fused-ring (bicyclic) bond motifs is 1. The molecule has 156 valence electrons. The summed E-state index contributed by atoms with van der Waals surface area (Å²) in [6, 6.07) is 15.3. The van der Waals surface area contributed by atoms with E-state index < -0.39 is 7.82 Å². The number of rotatable bonds is 5. The van der Waals surface area contributed by atoms with Gasteiger partial charge in [-0.1, -0.05) is 30.3 Å². The fourth-order valence-corrected chi connectivity index (χ4v) is 3.56. The third-order valence-electron chi connectivity index (χ3n) is 3.46. The van der Waals surface area contributed by atoms with Crippen LogP contribution in [0.4, 0.5) is 0 Å². The number of phosphoric ester groups is 1. The molecule has 0 aliphatic rings. The van der Waals surface area contributed by atoms with Gasteiger partial charge in [0.25, 0.3) is 0 Å². The molecule has 0 spiro atoms. The van der Waals surface area contributed by atoms with Crippen molar-refractivity contribution in [2.24, 2.45) is 0 Å². The van der Waals surface area contributed by atoms with Crippen LogP contribution in [0.5, 0.6) is 5.75 Å². The van der Waals surface area contributed by atoms with Gasteiger partial charge in [-0.2, -0.15) is 0 Å². The largest absolute Gasteiger partial charge is 0.508 e. The van der Waals surface area contributed by atoms with E-state index in [1.807, 2.05) is 30.3 Å². The second-order valence-corrected chi connectivity index (χ2v) is 8.16. The van der Waals surface area contributed by atoms with E-state index in [9.17, 15) is 14.5 Å². The van der Waals surface area contributed by atoms with E-state index in [1.54, 1.807) is 33.8 Å². The minimum Gasteiger partial charge on any atom is -0.508 e. The van der Waals surface area contributed by atoms with Crippen molar-refractivity contribution in [3.63, 3.8) is 0 Å². The molecule has 1 aromatic heterocycles. The zero-order chi connectivity index (χ0) is 21.6. The molecule has 2 aromatic carbocycles. The first-order valence-corrected chi connectivity index (χ1v) is 10.6. The Morgan fingerprint density at radius 2 is 1.52 bits per heavy atom. The summed E-state index contributed by atoms with van der Waals surface area (Å²) in [4.78, 5) is 20.9. The topological polar surface area (TPSA) is 106 Å². The van der Waals surface area contributed by atoms with E-state index in [2.05, 4.69) is 9.05 Å². The fourth-order valence-electron chi connectivity index (χ4n) is 2.45. The maximum Gasteiger partial charge on any atom is 0.472 e. The van der Waals surface area contributed by atoms with Gasteiger partial charge in [0.2, 0.25) is 0 Å². The van der Waals surface area contributed by atoms with Crippen LogP contribution in [0.15, 0.2) is 63.8 Å². The zero-order valence-corrected chi connectivity index (χ0v) is 17.6. The Labute approximate surface area is 169 Å². The SMILES string of the molecule is CC(C)OP(=O)(O)OC(C)C.O=c1cc(-c2ccccc2)oc2cc(O)ccc12. The zero-order valence-electron chi connectivity index (χ0n) is 16.7. The third kappa shape index (κ3) is 7.15. The van der Waals surface area contributed by atoms with Gasteiger partial charge in [0.1, 0.15) is 17.1 Å². The van der Waals surface area contributed by atoms with Crippen molar-refractivity contribution in [3.8, 4) is 17.1 Å². The molecule has 29 heavy (non-hydrogen) atoms. The molecule has 0 aliphatic heterocycles. The molecular weight excluding hydrogens is 395 g/mol. The summed E-state index contributed by atoms with van der Waals surface area (Å²) in [7, 11) is -3.80. The number of aromatic hydroxyl groups is 1. The van der Waals surface area contributed by atoms with Gasteiger partial charge in [0.05, 0.1) is 17.6 Å². The van der Waals surface area contributed by atoms with Gasteiger partial charge in [-0.05, 0) is 39.8 Å². The number of benzene rings is 2. The average Bonchev–Trinajstić information content (AvgIpc) is 2.60. The summed E-state index contributed by atoms with van der Waals surface area (Å²) >= 11 is 0. The molecule has 3 rings (SSSR count). The molecule has 1 heterocycles. The van der Waals surface area contributed by atoms with Gasteiger partial charge >= 0.3 is 7.82 Å². The summed E-state index contributed by atoms with van der Waals surface area (Å²) in [5, 5.41) is 9.89. The normalized spacial score (nSPS) is 11.6. The molecular formula is C21H25O7P. The van der Waals surface area contributed by atoms with E-state index in [4.69, 9.17) is 9.31 Å². The first kappa shape index (κ1) is 22.8. The van der Waals surface area contributed by atoms with Gasteiger partial charge in [0, 0.05) is 17.7 Å². The van der Waals surface area contributed by atoms with Crippen LogP contribution in [0, 0.1) is 0 Å². The van der Waals surface area contributed by atoms with Crippen LogP contribution in [-0.4, -0.2) is 22.2 Å². The average molecular weight is 420 g/mol. The maximum absolute atomic E-state index is 11.9. The molecule has 0 unspecified atom stereocenters. The smallest absolute Gasteiger partial charge is 0.472 e. The number of hydrogen-bond donors (Lipinski definition) is 2. The Bertz CT molecular complexity index is 1030. The first-order valence-electron chi connectivity index (χ1n) is 9.09. The lowest BCUT2D eigenvalue weighted by atomic mass is 10.1. The number of phosphoric acid groups is 1. The lowest BCUT2D eigenvalue weighted by Gasteiger charge is -2.16. The molecule has 7 nitrogen and oxygen atoms in total. The van der Waals surface area contributed by atoms with E-state index in [0.29, 0.717) is 16.7 Å². The second-order valence-electron chi connectivity index (χ2n) is 6.80. The van der Waals surface area contributed by atoms with Gasteiger partial charge in [0.15, 0.2) is 5.43 Å². The van der Waals surface area contributed by atoms with Gasteiger partial charge in [-0.15, -0.1) is 0 Å². The minimum atomic E-state index is -3.80. The van der Waals surface area contributed by atoms with E-state index >= 15 is 0 Å². The van der Waals surface area contributed by atoms with E-state index in [0.717, 1.165) is 5.56 Å². The van der Waals surface area contributed by atoms with Crippen molar-refractivity contribution in [2.45, 2.75) is 39.9 Å². The van der Waals surface area contributed by atoms with E-state index in [1.165, 1.54) is 18.2 Å². The second kappa shape index (κ2) is 9.85. The lowest BCUT2D eigenvalue weighted by molar-refractivity contribution is 0.0985. The Kier molecular flexibility index (Phi) is 7.76. The van der Waals surface area contributed by atoms with Crippen molar-refractivity contribution in [1.29, 1.82) is 0 Å². The Morgan fingerprint density at radius 1 is 0.931 bits per heavy atom. The van der Waals surface area contributed by atoms with Crippen LogP contribution in [0.3, 0.4) is 0 Å². The highest BCUT2D eigenvalue weighted by Gasteiger charge is 2.23. The Morgan fingerprint density at radius 3 is 2.07 bits per heavy atom. The Balaban J connectivity index is 0.000000237. The van der Waals surface area contributed by atoms with E-state index in [-0.39, 0.29) is 23.4 Å². The van der Waals surface area contributed by atoms with Crippen LogP contribution < -0.4 is 5.43 Å². The summed E-state index contributed by atoms with van der Waals surface area (Å²) in [5.74, 6) is 0.578. The quantitative estimate of drug-likeness (QED) is 0.553. The van der Waals surface area contributed by atoms with Gasteiger partial charge in [-0.3, -0.25) is 13.8 Å². The molecule has 3 aromatic rings. The summed E-state index contributed by atoms with van der Waals surface area (Å²) < 4.78 is 25.9. The number of hydrogen-bond acceptors (Lipinski definition) is 6. The third-order valence-corrected chi connectivity index (χ3v) is 4.84. The summed E-state index contributed by atoms with van der Waals surface area (Å²) in [5.41, 5.74) is 1.11. The van der Waals surface area contributed by atoms with Crippen LogP contribution >= 0.6 is 7.82 Å². The fraction of sp³-hybridized carbons (Fsp3) is 0.286. The van der Waals surface area contributed by atoms with Crippen LogP contribution in [0.25, 0.3) is 22.3 Å². The predicted octanol–water partition coefficient (Wildman–Crippen LogP) is 5.10. The highest BCUT2D eigenvalue weighted by Crippen LogP contribution is 2.45. The Hall–Kier alpha value is -2.44. The van der Waals surface area contributed by atoms with Gasteiger partial charge < -0.3 is 14.4 Å². The molecule has 0 amide bonds. The highest BCUT2D eigenvalue weighted by atomic mass is 31.2. The molecule has 2 N–H and O–H groups in total. The molecule has 0 saturated carbocycles. The molecule has 0 aliphatic carbocycles. The van der Waals surface area contributed by atoms with Crippen molar-refractivity contribution in [1.82, 2.24) is 0 Å². The summed E-state index contributed by atoms with van der Waals surface area (Å²) in [6.07, 6.45) is -0.603. The molecule has 0 radical (unpaired) electrons. The molecule has 0 atom stereocenters. The molecule has 0 bridgehead atoms. The monoisotopic (exact) mass is 420 g/mol. The lowest BCUT2D eigenvalue weighted by Crippen LogP contribution is -2.06.